The van der Waals surface area contributed by atoms with Gasteiger partial charge in [-0.15, -0.1) is 11.3 Å². The summed E-state index contributed by atoms with van der Waals surface area (Å²) in [6.45, 7) is 1.98. The van der Waals surface area contributed by atoms with Crippen molar-refractivity contribution in [2.24, 2.45) is 0 Å². The first-order valence-electron chi connectivity index (χ1n) is 5.56. The van der Waals surface area contributed by atoms with Crippen molar-refractivity contribution in [2.75, 3.05) is 5.73 Å². The Balaban J connectivity index is 2.12. The average molecular weight is 256 g/mol. The second-order valence-electron chi connectivity index (χ2n) is 4.02. The number of rotatable bonds is 2. The van der Waals surface area contributed by atoms with Crippen LogP contribution in [0.15, 0.2) is 42.0 Å². The van der Waals surface area contributed by atoms with Crippen LogP contribution in [0.4, 0.5) is 5.69 Å². The number of benzene rings is 1. The smallest absolute Gasteiger partial charge is 0.195 e. The average Bonchev–Trinajstić information content (AvgIpc) is 2.96. The number of hydrogen-bond donors (Lipinski definition) is 1. The number of aryl methyl sites for hydroxylation is 1. The molecule has 0 aliphatic carbocycles. The SMILES string of the molecule is Cc1csc(-n2ccnc2-c2cccc(N)c2)n1. The van der Waals surface area contributed by atoms with Gasteiger partial charge in [0, 0.05) is 29.0 Å². The van der Waals surface area contributed by atoms with Crippen LogP contribution in [0, 0.1) is 6.92 Å². The maximum Gasteiger partial charge on any atom is 0.195 e. The van der Waals surface area contributed by atoms with Crippen molar-refractivity contribution in [3.8, 4) is 16.5 Å². The first-order valence-corrected chi connectivity index (χ1v) is 6.44. The predicted molar refractivity (Wildman–Crippen MR) is 73.8 cm³/mol. The molecule has 0 saturated heterocycles. The number of imidazole rings is 1. The Morgan fingerprint density at radius 1 is 1.33 bits per heavy atom. The molecule has 3 aromatic rings. The lowest BCUT2D eigenvalue weighted by Gasteiger charge is -2.04. The Bertz CT molecular complexity index is 684. The fourth-order valence-electron chi connectivity index (χ4n) is 1.80. The summed E-state index contributed by atoms with van der Waals surface area (Å²) in [6, 6.07) is 7.70. The number of nitrogen functional groups attached to an aromatic ring is 1. The summed E-state index contributed by atoms with van der Waals surface area (Å²) in [4.78, 5) is 8.86. The Kier molecular flexibility index (Phi) is 2.60. The Morgan fingerprint density at radius 3 is 2.94 bits per heavy atom. The van der Waals surface area contributed by atoms with E-state index in [1.54, 1.807) is 17.5 Å². The number of anilines is 1. The first kappa shape index (κ1) is 11.0. The second-order valence-corrected chi connectivity index (χ2v) is 4.85. The van der Waals surface area contributed by atoms with Crippen LogP contribution < -0.4 is 5.73 Å². The van der Waals surface area contributed by atoms with Crippen LogP contribution in [-0.2, 0) is 0 Å². The zero-order valence-corrected chi connectivity index (χ0v) is 10.7. The normalized spacial score (nSPS) is 10.7. The molecule has 3 rings (SSSR count). The zero-order chi connectivity index (χ0) is 12.5. The molecule has 2 aromatic heterocycles. The number of nitrogens with zero attached hydrogens (tertiary/aromatic N) is 3. The van der Waals surface area contributed by atoms with Crippen LogP contribution in [0.2, 0.25) is 0 Å². The molecule has 0 spiro atoms. The maximum atomic E-state index is 5.81. The largest absolute Gasteiger partial charge is 0.399 e. The number of nitrogens with two attached hydrogens (primary N) is 1. The van der Waals surface area contributed by atoms with Crippen molar-refractivity contribution < 1.29 is 0 Å². The van der Waals surface area contributed by atoms with Crippen LogP contribution >= 0.6 is 11.3 Å². The van der Waals surface area contributed by atoms with Gasteiger partial charge in [0.05, 0.1) is 5.69 Å². The van der Waals surface area contributed by atoms with Gasteiger partial charge < -0.3 is 5.73 Å². The summed E-state index contributed by atoms with van der Waals surface area (Å²) >= 11 is 1.60. The second kappa shape index (κ2) is 4.27. The fraction of sp³-hybridized carbons (Fsp3) is 0.0769. The molecule has 5 heteroatoms. The van der Waals surface area contributed by atoms with Gasteiger partial charge >= 0.3 is 0 Å². The maximum absolute atomic E-state index is 5.81. The molecule has 0 fully saturated rings. The van der Waals surface area contributed by atoms with Crippen LogP contribution in [0.25, 0.3) is 16.5 Å². The molecule has 1 aromatic carbocycles. The number of hydrogen-bond acceptors (Lipinski definition) is 4. The summed E-state index contributed by atoms with van der Waals surface area (Å²) in [7, 11) is 0. The molecule has 0 radical (unpaired) electrons. The van der Waals surface area contributed by atoms with Gasteiger partial charge in [-0.3, -0.25) is 4.57 Å². The standard InChI is InChI=1S/C13H12N4S/c1-9-8-18-13(16-9)17-6-5-15-12(17)10-3-2-4-11(14)7-10/h2-8H,14H2,1H3. The summed E-state index contributed by atoms with van der Waals surface area (Å²) in [5.41, 5.74) is 8.55. The highest BCUT2D eigenvalue weighted by Crippen LogP contribution is 2.24. The van der Waals surface area contributed by atoms with E-state index >= 15 is 0 Å². The van der Waals surface area contributed by atoms with E-state index in [0.717, 1.165) is 27.9 Å². The molecule has 0 bridgehead atoms. The van der Waals surface area contributed by atoms with Gasteiger partial charge in [0.15, 0.2) is 5.13 Å². The lowest BCUT2D eigenvalue weighted by atomic mass is 10.2. The van der Waals surface area contributed by atoms with E-state index in [2.05, 4.69) is 9.97 Å². The van der Waals surface area contributed by atoms with Crippen LogP contribution in [0.1, 0.15) is 5.69 Å². The van der Waals surface area contributed by atoms with Crippen molar-refractivity contribution in [3.05, 3.63) is 47.7 Å². The fourth-order valence-corrected chi connectivity index (χ4v) is 2.59. The lowest BCUT2D eigenvalue weighted by Crippen LogP contribution is -1.96. The number of aromatic nitrogens is 3. The zero-order valence-electron chi connectivity index (χ0n) is 9.87. The number of thiazole rings is 1. The van der Waals surface area contributed by atoms with Gasteiger partial charge in [0.25, 0.3) is 0 Å². The van der Waals surface area contributed by atoms with Gasteiger partial charge in [0.2, 0.25) is 0 Å². The molecule has 0 aliphatic heterocycles. The van der Waals surface area contributed by atoms with E-state index in [9.17, 15) is 0 Å². The molecule has 4 nitrogen and oxygen atoms in total. The molecular weight excluding hydrogens is 244 g/mol. The molecule has 0 saturated carbocycles. The highest BCUT2D eigenvalue weighted by Gasteiger charge is 2.10. The van der Waals surface area contributed by atoms with Crippen molar-refractivity contribution in [2.45, 2.75) is 6.92 Å². The van der Waals surface area contributed by atoms with E-state index in [0.29, 0.717) is 0 Å². The molecule has 90 valence electrons. The molecular formula is C13H12N4S. The third kappa shape index (κ3) is 1.89. The van der Waals surface area contributed by atoms with E-state index in [1.807, 2.05) is 47.3 Å². The lowest BCUT2D eigenvalue weighted by molar-refractivity contribution is 1.03. The Hall–Kier alpha value is -2.14. The minimum Gasteiger partial charge on any atom is -0.399 e. The topological polar surface area (TPSA) is 56.7 Å². The van der Waals surface area contributed by atoms with E-state index < -0.39 is 0 Å². The van der Waals surface area contributed by atoms with Gasteiger partial charge in [0.1, 0.15) is 5.82 Å². The highest BCUT2D eigenvalue weighted by molar-refractivity contribution is 7.12. The van der Waals surface area contributed by atoms with Crippen LogP contribution in [0.3, 0.4) is 0 Å². The molecule has 0 unspecified atom stereocenters. The summed E-state index contributed by atoms with van der Waals surface area (Å²) in [5.74, 6) is 0.858. The van der Waals surface area contributed by atoms with Gasteiger partial charge in [-0.25, -0.2) is 9.97 Å². The van der Waals surface area contributed by atoms with Crippen LogP contribution in [-0.4, -0.2) is 14.5 Å². The van der Waals surface area contributed by atoms with Crippen molar-refractivity contribution in [3.63, 3.8) is 0 Å². The van der Waals surface area contributed by atoms with Gasteiger partial charge in [-0.05, 0) is 19.1 Å². The third-order valence-corrected chi connectivity index (χ3v) is 3.56. The van der Waals surface area contributed by atoms with E-state index in [4.69, 9.17) is 5.73 Å². The summed E-state index contributed by atoms with van der Waals surface area (Å²) < 4.78 is 1.98. The van der Waals surface area contributed by atoms with E-state index in [1.165, 1.54) is 0 Å². The van der Waals surface area contributed by atoms with Crippen molar-refractivity contribution in [1.82, 2.24) is 14.5 Å². The predicted octanol–water partition coefficient (Wildman–Crippen LogP) is 2.89. The molecule has 0 amide bonds. The highest BCUT2D eigenvalue weighted by atomic mass is 32.1. The minimum absolute atomic E-state index is 0.734. The summed E-state index contributed by atoms with van der Waals surface area (Å²) in [5, 5.41) is 2.95. The van der Waals surface area contributed by atoms with Gasteiger partial charge in [-0.1, -0.05) is 12.1 Å². The van der Waals surface area contributed by atoms with Crippen molar-refractivity contribution in [1.29, 1.82) is 0 Å². The Morgan fingerprint density at radius 2 is 2.22 bits per heavy atom. The minimum atomic E-state index is 0.734. The third-order valence-electron chi connectivity index (χ3n) is 2.60. The quantitative estimate of drug-likeness (QED) is 0.717. The van der Waals surface area contributed by atoms with E-state index in [-0.39, 0.29) is 0 Å². The molecule has 2 N–H and O–H groups in total. The van der Waals surface area contributed by atoms with Crippen LogP contribution in [0.5, 0.6) is 0 Å². The Labute approximate surface area is 109 Å². The van der Waals surface area contributed by atoms with Crippen molar-refractivity contribution >= 4 is 17.0 Å². The molecule has 0 aliphatic rings. The first-order chi connectivity index (χ1) is 8.74. The molecule has 2 heterocycles. The molecule has 0 atom stereocenters. The van der Waals surface area contributed by atoms with Gasteiger partial charge in [-0.2, -0.15) is 0 Å². The summed E-state index contributed by atoms with van der Waals surface area (Å²) in [6.07, 6.45) is 3.69. The monoisotopic (exact) mass is 256 g/mol. The molecule has 18 heavy (non-hydrogen) atoms.